The Bertz CT molecular complexity index is 903. The molecule has 1 aromatic heterocycles. The van der Waals surface area contributed by atoms with E-state index in [-0.39, 0.29) is 11.4 Å². The Hall–Kier alpha value is -3.48. The number of nitrogens with one attached hydrogen (secondary N) is 1. The first-order valence-corrected chi connectivity index (χ1v) is 7.13. The fourth-order valence-corrected chi connectivity index (χ4v) is 2.20. The lowest BCUT2D eigenvalue weighted by atomic mass is 10.1. The maximum atomic E-state index is 12.2. The summed E-state index contributed by atoms with van der Waals surface area (Å²) < 4.78 is 5.17. The molecule has 0 unspecified atom stereocenters. The number of rotatable bonds is 4. The lowest BCUT2D eigenvalue weighted by Crippen LogP contribution is -2.12. The molecule has 120 valence electrons. The van der Waals surface area contributed by atoms with Gasteiger partial charge in [0.2, 0.25) is 0 Å². The second-order valence-electron chi connectivity index (χ2n) is 5.15. The van der Waals surface area contributed by atoms with Gasteiger partial charge in [-0.3, -0.25) is 14.9 Å². The number of aromatic nitrogens is 1. The van der Waals surface area contributed by atoms with Crippen LogP contribution < -0.4 is 5.32 Å². The number of hydrogen-bond donors (Lipinski definition) is 1. The molecule has 7 heteroatoms. The molecular formula is C17H13N3O4. The van der Waals surface area contributed by atoms with Gasteiger partial charge in [-0.05, 0) is 13.0 Å². The monoisotopic (exact) mass is 323 g/mol. The zero-order valence-corrected chi connectivity index (χ0v) is 12.7. The van der Waals surface area contributed by atoms with E-state index in [4.69, 9.17) is 4.52 Å². The van der Waals surface area contributed by atoms with E-state index in [0.29, 0.717) is 17.0 Å². The van der Waals surface area contributed by atoms with Crippen molar-refractivity contribution in [3.05, 3.63) is 76.0 Å². The predicted octanol–water partition coefficient (Wildman–Crippen LogP) is 3.81. The Labute approximate surface area is 137 Å². The summed E-state index contributed by atoms with van der Waals surface area (Å²) in [5.74, 6) is -0.0327. The Morgan fingerprint density at radius 1 is 1.17 bits per heavy atom. The standard InChI is InChI=1S/C17H13N3O4/c1-11-7-8-13(9-15(11)20(22)23)18-17(21)14-10-16(24-19-14)12-5-3-2-4-6-12/h2-10H,1H3,(H,18,21). The molecule has 0 aliphatic rings. The van der Waals surface area contributed by atoms with Crippen molar-refractivity contribution in [1.29, 1.82) is 0 Å². The van der Waals surface area contributed by atoms with E-state index < -0.39 is 10.8 Å². The van der Waals surface area contributed by atoms with Crippen molar-refractivity contribution < 1.29 is 14.2 Å². The van der Waals surface area contributed by atoms with Crippen molar-refractivity contribution >= 4 is 17.3 Å². The number of nitrogens with zero attached hydrogens (tertiary/aromatic N) is 2. The van der Waals surface area contributed by atoms with Crippen molar-refractivity contribution in [2.45, 2.75) is 6.92 Å². The molecule has 7 nitrogen and oxygen atoms in total. The van der Waals surface area contributed by atoms with Crippen molar-refractivity contribution in [3.63, 3.8) is 0 Å². The third-order valence-corrected chi connectivity index (χ3v) is 3.46. The van der Waals surface area contributed by atoms with Crippen LogP contribution in [-0.2, 0) is 0 Å². The van der Waals surface area contributed by atoms with Gasteiger partial charge in [-0.1, -0.05) is 41.6 Å². The number of amides is 1. The fourth-order valence-electron chi connectivity index (χ4n) is 2.20. The van der Waals surface area contributed by atoms with Crippen LogP contribution in [0, 0.1) is 17.0 Å². The maximum Gasteiger partial charge on any atom is 0.277 e. The van der Waals surface area contributed by atoms with Crippen molar-refractivity contribution in [3.8, 4) is 11.3 Å². The fraction of sp³-hybridized carbons (Fsp3) is 0.0588. The minimum absolute atomic E-state index is 0.0575. The lowest BCUT2D eigenvalue weighted by molar-refractivity contribution is -0.385. The highest BCUT2D eigenvalue weighted by Crippen LogP contribution is 2.24. The van der Waals surface area contributed by atoms with Gasteiger partial charge in [0.25, 0.3) is 11.6 Å². The second kappa shape index (κ2) is 6.33. The van der Waals surface area contributed by atoms with Gasteiger partial charge in [-0.2, -0.15) is 0 Å². The average molecular weight is 323 g/mol. The average Bonchev–Trinajstić information content (AvgIpc) is 3.07. The van der Waals surface area contributed by atoms with Crippen LogP contribution in [0.3, 0.4) is 0 Å². The van der Waals surface area contributed by atoms with Crippen LogP contribution in [-0.4, -0.2) is 16.0 Å². The number of carbonyl (C=O) groups is 1. The van der Waals surface area contributed by atoms with E-state index in [2.05, 4.69) is 10.5 Å². The summed E-state index contributed by atoms with van der Waals surface area (Å²) in [6, 6.07) is 15.3. The highest BCUT2D eigenvalue weighted by Gasteiger charge is 2.16. The molecule has 0 fully saturated rings. The van der Waals surface area contributed by atoms with Gasteiger partial charge in [0.05, 0.1) is 4.92 Å². The number of hydrogen-bond acceptors (Lipinski definition) is 5. The molecule has 24 heavy (non-hydrogen) atoms. The lowest BCUT2D eigenvalue weighted by Gasteiger charge is -2.04. The van der Waals surface area contributed by atoms with Crippen LogP contribution in [0.15, 0.2) is 59.1 Å². The highest BCUT2D eigenvalue weighted by atomic mass is 16.6. The Morgan fingerprint density at radius 2 is 1.92 bits per heavy atom. The Morgan fingerprint density at radius 3 is 2.62 bits per heavy atom. The number of nitro benzene ring substituents is 1. The summed E-state index contributed by atoms with van der Waals surface area (Å²) in [7, 11) is 0. The zero-order valence-electron chi connectivity index (χ0n) is 12.7. The molecule has 0 saturated heterocycles. The number of benzene rings is 2. The molecule has 1 N–H and O–H groups in total. The molecule has 3 rings (SSSR count). The van der Waals surface area contributed by atoms with E-state index in [1.54, 1.807) is 19.1 Å². The van der Waals surface area contributed by atoms with Gasteiger partial charge < -0.3 is 9.84 Å². The number of carbonyl (C=O) groups excluding carboxylic acids is 1. The normalized spacial score (nSPS) is 10.4. The van der Waals surface area contributed by atoms with Gasteiger partial charge in [-0.15, -0.1) is 0 Å². The number of anilines is 1. The second-order valence-corrected chi connectivity index (χ2v) is 5.15. The quantitative estimate of drug-likeness (QED) is 0.581. The summed E-state index contributed by atoms with van der Waals surface area (Å²) in [6.07, 6.45) is 0. The van der Waals surface area contributed by atoms with Gasteiger partial charge in [0.15, 0.2) is 11.5 Å². The van der Waals surface area contributed by atoms with E-state index in [0.717, 1.165) is 5.56 Å². The summed E-state index contributed by atoms with van der Waals surface area (Å²) >= 11 is 0. The topological polar surface area (TPSA) is 98.3 Å². The summed E-state index contributed by atoms with van der Waals surface area (Å²) in [4.78, 5) is 22.7. The Balaban J connectivity index is 1.80. The molecule has 1 heterocycles. The highest BCUT2D eigenvalue weighted by molar-refractivity contribution is 6.03. The van der Waals surface area contributed by atoms with E-state index in [1.165, 1.54) is 12.1 Å². The molecule has 0 aliphatic carbocycles. The van der Waals surface area contributed by atoms with E-state index in [9.17, 15) is 14.9 Å². The molecule has 0 aliphatic heterocycles. The zero-order chi connectivity index (χ0) is 17.1. The maximum absolute atomic E-state index is 12.2. The summed E-state index contributed by atoms with van der Waals surface area (Å²) in [5.41, 5.74) is 1.68. The van der Waals surface area contributed by atoms with Crippen molar-refractivity contribution in [2.24, 2.45) is 0 Å². The summed E-state index contributed by atoms with van der Waals surface area (Å²) in [6.45, 7) is 1.63. The minimum Gasteiger partial charge on any atom is -0.355 e. The molecule has 0 spiro atoms. The minimum atomic E-state index is -0.501. The Kier molecular flexibility index (Phi) is 4.07. The van der Waals surface area contributed by atoms with Crippen molar-refractivity contribution in [2.75, 3.05) is 5.32 Å². The summed E-state index contributed by atoms with van der Waals surface area (Å²) in [5, 5.41) is 17.3. The van der Waals surface area contributed by atoms with Gasteiger partial charge >= 0.3 is 0 Å². The molecule has 0 saturated carbocycles. The molecule has 3 aromatic rings. The first-order valence-electron chi connectivity index (χ1n) is 7.13. The van der Waals surface area contributed by atoms with Gasteiger partial charge in [0, 0.05) is 28.9 Å². The van der Waals surface area contributed by atoms with Crippen LogP contribution in [0.4, 0.5) is 11.4 Å². The van der Waals surface area contributed by atoms with E-state index >= 15 is 0 Å². The number of nitro groups is 1. The third kappa shape index (κ3) is 3.14. The predicted molar refractivity (Wildman–Crippen MR) is 87.7 cm³/mol. The van der Waals surface area contributed by atoms with Gasteiger partial charge in [-0.25, -0.2) is 0 Å². The molecule has 0 atom stereocenters. The van der Waals surface area contributed by atoms with Crippen LogP contribution in [0.1, 0.15) is 16.1 Å². The molecule has 0 radical (unpaired) electrons. The largest absolute Gasteiger partial charge is 0.355 e. The third-order valence-electron chi connectivity index (χ3n) is 3.46. The smallest absolute Gasteiger partial charge is 0.277 e. The van der Waals surface area contributed by atoms with Gasteiger partial charge in [0.1, 0.15) is 0 Å². The van der Waals surface area contributed by atoms with Crippen LogP contribution in [0.25, 0.3) is 11.3 Å². The number of aryl methyl sites for hydroxylation is 1. The van der Waals surface area contributed by atoms with Crippen LogP contribution in [0.2, 0.25) is 0 Å². The molecule has 2 aromatic carbocycles. The van der Waals surface area contributed by atoms with Crippen LogP contribution >= 0.6 is 0 Å². The first-order chi connectivity index (χ1) is 11.5. The first kappa shape index (κ1) is 15.4. The van der Waals surface area contributed by atoms with E-state index in [1.807, 2.05) is 30.3 Å². The molecular weight excluding hydrogens is 310 g/mol. The SMILES string of the molecule is Cc1ccc(NC(=O)c2cc(-c3ccccc3)on2)cc1[N+](=O)[O-]. The van der Waals surface area contributed by atoms with Crippen molar-refractivity contribution in [1.82, 2.24) is 5.16 Å². The molecule has 0 bridgehead atoms. The van der Waals surface area contributed by atoms with Crippen LogP contribution in [0.5, 0.6) is 0 Å². The molecule has 1 amide bonds.